The average molecular weight is 302 g/mol. The molecule has 1 saturated heterocycles. The van der Waals surface area contributed by atoms with E-state index in [1.165, 1.54) is 22.3 Å². The molecule has 3 rings (SSSR count). The fourth-order valence-corrected chi connectivity index (χ4v) is 3.77. The molecule has 0 amide bonds. The van der Waals surface area contributed by atoms with Crippen molar-refractivity contribution >= 4 is 0 Å². The smallest absolute Gasteiger partial charge is 0.0977 e. The highest BCUT2D eigenvalue weighted by Crippen LogP contribution is 2.43. The molecule has 3 aliphatic rings. The predicted molar refractivity (Wildman–Crippen MR) is 90.9 cm³/mol. The number of ether oxygens (including phenoxy) is 2. The van der Waals surface area contributed by atoms with Crippen LogP contribution in [0.5, 0.6) is 0 Å². The second-order valence-electron chi connectivity index (χ2n) is 7.60. The van der Waals surface area contributed by atoms with Gasteiger partial charge in [-0.1, -0.05) is 23.3 Å². The molecule has 122 valence electrons. The van der Waals surface area contributed by atoms with Crippen LogP contribution in [0.3, 0.4) is 0 Å². The van der Waals surface area contributed by atoms with E-state index in [0.29, 0.717) is 6.10 Å². The van der Waals surface area contributed by atoms with Crippen LogP contribution in [-0.4, -0.2) is 24.4 Å². The number of allylic oxidation sites excluding steroid dienone is 3. The van der Waals surface area contributed by atoms with Crippen LogP contribution in [0.25, 0.3) is 0 Å². The van der Waals surface area contributed by atoms with Crippen molar-refractivity contribution in [3.8, 4) is 0 Å². The third kappa shape index (κ3) is 3.55. The standard InChI is InChI=1S/C20H30O2/c1-14-6-5-11-20(4)19(22-20)10-8-15(2)12-18-17(9-7-14)16(3)13-21-18/h6,12,18-19H,5,7-11,13H2,1-4H3/b14-6?,15-12+/t18-,19-,20+/m1/s1. The van der Waals surface area contributed by atoms with Gasteiger partial charge in [0.2, 0.25) is 0 Å². The molecule has 1 fully saturated rings. The molecule has 2 aliphatic heterocycles. The van der Waals surface area contributed by atoms with Gasteiger partial charge in [-0.05, 0) is 77.4 Å². The second kappa shape index (κ2) is 6.33. The molecular formula is C20H30O2. The normalized spacial score (nSPS) is 39.3. The van der Waals surface area contributed by atoms with Crippen molar-refractivity contribution in [3.63, 3.8) is 0 Å². The Bertz CT molecular complexity index is 526. The van der Waals surface area contributed by atoms with Gasteiger partial charge in [-0.3, -0.25) is 0 Å². The SMILES string of the molecule is CC1=CCC[C@]2(C)O[C@@H]2CC/C(C)=C/[C@H]2OCC(C)=C2CC1. The number of hydrogen-bond donors (Lipinski definition) is 0. The van der Waals surface area contributed by atoms with E-state index < -0.39 is 0 Å². The largest absolute Gasteiger partial charge is 0.366 e. The quantitative estimate of drug-likeness (QED) is 0.458. The summed E-state index contributed by atoms with van der Waals surface area (Å²) in [5.74, 6) is 0. The highest BCUT2D eigenvalue weighted by atomic mass is 16.6. The summed E-state index contributed by atoms with van der Waals surface area (Å²) in [5.41, 5.74) is 6.03. The van der Waals surface area contributed by atoms with Crippen molar-refractivity contribution in [3.05, 3.63) is 34.4 Å². The molecule has 0 spiro atoms. The van der Waals surface area contributed by atoms with E-state index in [1.807, 2.05) is 0 Å². The van der Waals surface area contributed by atoms with Gasteiger partial charge < -0.3 is 9.47 Å². The second-order valence-corrected chi connectivity index (χ2v) is 7.60. The molecule has 0 radical (unpaired) electrons. The van der Waals surface area contributed by atoms with Crippen molar-refractivity contribution in [1.82, 2.24) is 0 Å². The first kappa shape index (κ1) is 16.0. The fourth-order valence-electron chi connectivity index (χ4n) is 3.77. The van der Waals surface area contributed by atoms with Gasteiger partial charge >= 0.3 is 0 Å². The van der Waals surface area contributed by atoms with Gasteiger partial charge in [-0.25, -0.2) is 0 Å². The van der Waals surface area contributed by atoms with Crippen molar-refractivity contribution in [1.29, 1.82) is 0 Å². The van der Waals surface area contributed by atoms with Gasteiger partial charge in [0.15, 0.2) is 0 Å². The summed E-state index contributed by atoms with van der Waals surface area (Å²) < 4.78 is 12.0. The van der Waals surface area contributed by atoms with Crippen LogP contribution in [0.2, 0.25) is 0 Å². The molecule has 22 heavy (non-hydrogen) atoms. The molecule has 1 aliphatic carbocycles. The summed E-state index contributed by atoms with van der Waals surface area (Å²) in [6.07, 6.45) is 12.3. The van der Waals surface area contributed by atoms with Gasteiger partial charge in [-0.15, -0.1) is 0 Å². The first-order chi connectivity index (χ1) is 10.5. The topological polar surface area (TPSA) is 21.8 Å². The minimum atomic E-state index is 0.132. The zero-order chi connectivity index (χ0) is 15.7. The molecule has 0 saturated carbocycles. The zero-order valence-corrected chi connectivity index (χ0v) is 14.6. The highest BCUT2D eigenvalue weighted by Gasteiger charge is 2.50. The van der Waals surface area contributed by atoms with E-state index in [2.05, 4.69) is 39.8 Å². The summed E-state index contributed by atoms with van der Waals surface area (Å²) in [5, 5.41) is 0. The van der Waals surface area contributed by atoms with Gasteiger partial charge in [-0.2, -0.15) is 0 Å². The third-order valence-electron chi connectivity index (χ3n) is 5.57. The summed E-state index contributed by atoms with van der Waals surface area (Å²) in [7, 11) is 0. The molecular weight excluding hydrogens is 272 g/mol. The van der Waals surface area contributed by atoms with Crippen LogP contribution in [0.1, 0.15) is 66.2 Å². The lowest BCUT2D eigenvalue weighted by atomic mass is 9.93. The maximum atomic E-state index is 5.99. The van der Waals surface area contributed by atoms with Crippen LogP contribution < -0.4 is 0 Å². The minimum Gasteiger partial charge on any atom is -0.366 e. The summed E-state index contributed by atoms with van der Waals surface area (Å²) in [6, 6.07) is 0. The Morgan fingerprint density at radius 1 is 1.09 bits per heavy atom. The number of hydrogen-bond acceptors (Lipinski definition) is 2. The van der Waals surface area contributed by atoms with Crippen LogP contribution in [0.15, 0.2) is 34.4 Å². The van der Waals surface area contributed by atoms with E-state index in [-0.39, 0.29) is 11.7 Å². The van der Waals surface area contributed by atoms with Gasteiger partial charge in [0, 0.05) is 0 Å². The summed E-state index contributed by atoms with van der Waals surface area (Å²) >= 11 is 0. The highest BCUT2D eigenvalue weighted by molar-refractivity contribution is 5.29. The fraction of sp³-hybridized carbons (Fsp3) is 0.700. The zero-order valence-electron chi connectivity index (χ0n) is 14.6. The Kier molecular flexibility index (Phi) is 4.61. The first-order valence-corrected chi connectivity index (χ1v) is 8.79. The first-order valence-electron chi connectivity index (χ1n) is 8.79. The van der Waals surface area contributed by atoms with E-state index in [9.17, 15) is 0 Å². The molecule has 0 aromatic heterocycles. The van der Waals surface area contributed by atoms with Gasteiger partial charge in [0.25, 0.3) is 0 Å². The van der Waals surface area contributed by atoms with Crippen molar-refractivity contribution < 1.29 is 9.47 Å². The minimum absolute atomic E-state index is 0.132. The number of rotatable bonds is 0. The van der Waals surface area contributed by atoms with E-state index >= 15 is 0 Å². The lowest BCUT2D eigenvalue weighted by molar-refractivity contribution is 0.150. The maximum Gasteiger partial charge on any atom is 0.0977 e. The molecule has 2 heteroatoms. The van der Waals surface area contributed by atoms with Crippen molar-refractivity contribution in [2.24, 2.45) is 0 Å². The molecule has 0 unspecified atom stereocenters. The Balaban J connectivity index is 1.76. The molecule has 2 nitrogen and oxygen atoms in total. The Morgan fingerprint density at radius 3 is 2.73 bits per heavy atom. The molecule has 0 bridgehead atoms. The van der Waals surface area contributed by atoms with Crippen LogP contribution in [0.4, 0.5) is 0 Å². The van der Waals surface area contributed by atoms with Gasteiger partial charge in [0.1, 0.15) is 0 Å². The Hall–Kier alpha value is -0.860. The summed E-state index contributed by atoms with van der Waals surface area (Å²) in [4.78, 5) is 0. The van der Waals surface area contributed by atoms with Crippen molar-refractivity contribution in [2.75, 3.05) is 6.61 Å². The molecule has 0 aromatic carbocycles. The van der Waals surface area contributed by atoms with E-state index in [4.69, 9.17) is 9.47 Å². The predicted octanol–water partition coefficient (Wildman–Crippen LogP) is 5.11. The lowest BCUT2D eigenvalue weighted by Gasteiger charge is -2.14. The number of epoxide rings is 1. The van der Waals surface area contributed by atoms with Crippen LogP contribution in [0, 0.1) is 0 Å². The lowest BCUT2D eigenvalue weighted by Crippen LogP contribution is -2.11. The molecule has 0 N–H and O–H groups in total. The maximum absolute atomic E-state index is 5.99. The van der Waals surface area contributed by atoms with E-state index in [0.717, 1.165) is 45.1 Å². The van der Waals surface area contributed by atoms with Crippen molar-refractivity contribution in [2.45, 2.75) is 84.0 Å². The monoisotopic (exact) mass is 302 g/mol. The Labute approximate surface area is 135 Å². The van der Waals surface area contributed by atoms with E-state index in [1.54, 1.807) is 0 Å². The van der Waals surface area contributed by atoms with Crippen LogP contribution >= 0.6 is 0 Å². The number of fused-ring (bicyclic) bond motifs is 2. The average Bonchev–Trinajstić information content (AvgIpc) is 2.98. The third-order valence-corrected chi connectivity index (χ3v) is 5.57. The van der Waals surface area contributed by atoms with Crippen LogP contribution in [-0.2, 0) is 9.47 Å². The van der Waals surface area contributed by atoms with Gasteiger partial charge in [0.05, 0.1) is 24.4 Å². The summed E-state index contributed by atoms with van der Waals surface area (Å²) in [6.45, 7) is 9.81. The molecule has 0 aromatic rings. The Morgan fingerprint density at radius 2 is 1.91 bits per heavy atom. The molecule has 2 heterocycles. The molecule has 3 atom stereocenters.